The molecule has 2 fully saturated rings. The van der Waals surface area contributed by atoms with Crippen LogP contribution >= 0.6 is 11.6 Å². The number of aromatic nitrogens is 1. The molecule has 0 spiro atoms. The molecule has 1 aliphatic carbocycles. The number of halogens is 1. The van der Waals surface area contributed by atoms with Gasteiger partial charge in [0.2, 0.25) is 5.91 Å². The Hall–Kier alpha value is -2.64. The summed E-state index contributed by atoms with van der Waals surface area (Å²) in [6, 6.07) is 9.44. The minimum absolute atomic E-state index is 0.00850. The fraction of sp³-hybridized carbons (Fsp3) is 0.458. The number of carbonyl (C=O) groups is 2. The predicted octanol–water partition coefficient (Wildman–Crippen LogP) is 3.88. The zero-order chi connectivity index (χ0) is 22.5. The minimum Gasteiger partial charge on any atom is -0.492 e. The molecule has 32 heavy (non-hydrogen) atoms. The molecule has 2 N–H and O–H groups in total. The first kappa shape index (κ1) is 22.6. The molecule has 2 aliphatic rings. The number of amides is 2. The third kappa shape index (κ3) is 5.99. The highest BCUT2D eigenvalue weighted by Crippen LogP contribution is 2.30. The average Bonchev–Trinajstić information content (AvgIpc) is 3.64. The molecule has 1 aromatic carbocycles. The monoisotopic (exact) mass is 456 g/mol. The van der Waals surface area contributed by atoms with Crippen LogP contribution in [0.25, 0.3) is 0 Å². The summed E-state index contributed by atoms with van der Waals surface area (Å²) in [6.45, 7) is 5.17. The van der Waals surface area contributed by atoms with Gasteiger partial charge in [0.15, 0.2) is 0 Å². The number of ether oxygens (including phenoxy) is 1. The number of hydrogen-bond acceptors (Lipinski definition) is 5. The van der Waals surface area contributed by atoms with Gasteiger partial charge in [-0.1, -0.05) is 17.7 Å². The minimum atomic E-state index is -0.130. The SMILES string of the molecule is CCOc1cc(CN2CCC(NC(=O)c3ccc(NC(=O)C4CC4)nc3)CC2)ccc1Cl. The molecular formula is C24H29ClN4O3. The van der Waals surface area contributed by atoms with Crippen LogP contribution in [-0.4, -0.2) is 47.4 Å². The number of pyridine rings is 1. The van der Waals surface area contributed by atoms with Gasteiger partial charge < -0.3 is 15.4 Å². The van der Waals surface area contributed by atoms with E-state index in [4.69, 9.17) is 16.3 Å². The van der Waals surface area contributed by atoms with Crippen LogP contribution in [0.2, 0.25) is 5.02 Å². The molecule has 0 radical (unpaired) electrons. The Morgan fingerprint density at radius 1 is 1.16 bits per heavy atom. The number of hydrogen-bond donors (Lipinski definition) is 2. The van der Waals surface area contributed by atoms with Gasteiger partial charge >= 0.3 is 0 Å². The van der Waals surface area contributed by atoms with Crippen molar-refractivity contribution in [1.82, 2.24) is 15.2 Å². The second-order valence-electron chi connectivity index (χ2n) is 8.42. The van der Waals surface area contributed by atoms with Gasteiger partial charge in [0.05, 0.1) is 17.2 Å². The second kappa shape index (κ2) is 10.3. The highest BCUT2D eigenvalue weighted by atomic mass is 35.5. The fourth-order valence-electron chi connectivity index (χ4n) is 3.85. The van der Waals surface area contributed by atoms with E-state index in [2.05, 4.69) is 20.5 Å². The van der Waals surface area contributed by atoms with Crippen molar-refractivity contribution in [2.45, 2.75) is 45.2 Å². The van der Waals surface area contributed by atoms with Gasteiger partial charge in [-0.3, -0.25) is 14.5 Å². The van der Waals surface area contributed by atoms with Crippen LogP contribution in [0.1, 0.15) is 48.5 Å². The quantitative estimate of drug-likeness (QED) is 0.629. The second-order valence-corrected chi connectivity index (χ2v) is 8.82. The van der Waals surface area contributed by atoms with Crippen LogP contribution in [0, 0.1) is 5.92 Å². The summed E-state index contributed by atoms with van der Waals surface area (Å²) in [4.78, 5) is 31.0. The third-order valence-corrected chi connectivity index (χ3v) is 6.16. The molecule has 4 rings (SSSR count). The molecule has 7 nitrogen and oxygen atoms in total. The average molecular weight is 457 g/mol. The summed E-state index contributed by atoms with van der Waals surface area (Å²) in [5.41, 5.74) is 1.67. The topological polar surface area (TPSA) is 83.6 Å². The lowest BCUT2D eigenvalue weighted by molar-refractivity contribution is -0.117. The molecule has 0 atom stereocenters. The Labute approximate surface area is 193 Å². The first-order chi connectivity index (χ1) is 15.5. The van der Waals surface area contributed by atoms with Crippen molar-refractivity contribution in [3.63, 3.8) is 0 Å². The molecule has 1 aromatic heterocycles. The first-order valence-electron chi connectivity index (χ1n) is 11.2. The molecule has 1 saturated heterocycles. The standard InChI is InChI=1S/C24H29ClN4O3/c1-2-32-21-13-16(3-7-20(21)25)15-29-11-9-19(10-12-29)27-24(31)18-6-8-22(26-14-18)28-23(30)17-4-5-17/h3,6-8,13-14,17,19H,2,4-5,9-12,15H2,1H3,(H,27,31)(H,26,28,30). The lowest BCUT2D eigenvalue weighted by Crippen LogP contribution is -2.44. The maximum atomic E-state index is 12.6. The van der Waals surface area contributed by atoms with E-state index in [0.717, 1.165) is 51.1 Å². The van der Waals surface area contributed by atoms with Crippen molar-refractivity contribution in [1.29, 1.82) is 0 Å². The Bertz CT molecular complexity index is 954. The van der Waals surface area contributed by atoms with E-state index >= 15 is 0 Å². The van der Waals surface area contributed by atoms with Crippen molar-refractivity contribution in [3.05, 3.63) is 52.7 Å². The van der Waals surface area contributed by atoms with E-state index in [1.165, 1.54) is 11.8 Å². The fourth-order valence-corrected chi connectivity index (χ4v) is 4.02. The molecule has 0 bridgehead atoms. The lowest BCUT2D eigenvalue weighted by atomic mass is 10.0. The van der Waals surface area contributed by atoms with Crippen molar-refractivity contribution in [3.8, 4) is 5.75 Å². The molecule has 8 heteroatoms. The summed E-state index contributed by atoms with van der Waals surface area (Å²) in [5, 5.41) is 6.53. The van der Waals surface area contributed by atoms with Gasteiger partial charge in [0.25, 0.3) is 5.91 Å². The summed E-state index contributed by atoms with van der Waals surface area (Å²) < 4.78 is 5.58. The van der Waals surface area contributed by atoms with Gasteiger partial charge in [-0.15, -0.1) is 0 Å². The van der Waals surface area contributed by atoms with Gasteiger partial charge in [0.1, 0.15) is 11.6 Å². The normalized spacial score (nSPS) is 17.1. The van der Waals surface area contributed by atoms with Crippen molar-refractivity contribution < 1.29 is 14.3 Å². The maximum Gasteiger partial charge on any atom is 0.253 e. The Morgan fingerprint density at radius 2 is 1.94 bits per heavy atom. The lowest BCUT2D eigenvalue weighted by Gasteiger charge is -2.32. The van der Waals surface area contributed by atoms with Crippen LogP contribution < -0.4 is 15.4 Å². The molecule has 170 valence electrons. The third-order valence-electron chi connectivity index (χ3n) is 5.85. The van der Waals surface area contributed by atoms with Crippen LogP contribution in [0.5, 0.6) is 5.75 Å². The van der Waals surface area contributed by atoms with Gasteiger partial charge in [0, 0.05) is 37.8 Å². The Kier molecular flexibility index (Phi) is 7.27. The first-order valence-corrected chi connectivity index (χ1v) is 11.6. The molecule has 2 heterocycles. The zero-order valence-electron chi connectivity index (χ0n) is 18.3. The van der Waals surface area contributed by atoms with Crippen molar-refractivity contribution >= 4 is 29.2 Å². The summed E-state index contributed by atoms with van der Waals surface area (Å²) in [5.74, 6) is 1.21. The predicted molar refractivity (Wildman–Crippen MR) is 124 cm³/mol. The highest BCUT2D eigenvalue weighted by molar-refractivity contribution is 6.32. The van der Waals surface area contributed by atoms with E-state index in [1.54, 1.807) is 12.1 Å². The number of likely N-dealkylation sites (tertiary alicyclic amines) is 1. The number of rotatable bonds is 8. The van der Waals surface area contributed by atoms with Crippen LogP contribution in [-0.2, 0) is 11.3 Å². The van der Waals surface area contributed by atoms with Gasteiger partial charge in [-0.05, 0) is 62.4 Å². The summed E-state index contributed by atoms with van der Waals surface area (Å²) in [6.07, 6.45) is 5.18. The Balaban J connectivity index is 1.23. The number of nitrogens with one attached hydrogen (secondary N) is 2. The molecule has 1 aliphatic heterocycles. The number of carbonyl (C=O) groups excluding carboxylic acids is 2. The maximum absolute atomic E-state index is 12.6. The molecule has 0 unspecified atom stereocenters. The van der Waals surface area contributed by atoms with Crippen molar-refractivity contribution in [2.24, 2.45) is 5.92 Å². The van der Waals surface area contributed by atoms with E-state index in [1.807, 2.05) is 25.1 Å². The van der Waals surface area contributed by atoms with Gasteiger partial charge in [-0.2, -0.15) is 0 Å². The number of piperidine rings is 1. The van der Waals surface area contributed by atoms with E-state index in [9.17, 15) is 9.59 Å². The number of nitrogens with zero attached hydrogens (tertiary/aromatic N) is 2. The summed E-state index contributed by atoms with van der Waals surface area (Å²) in [7, 11) is 0. The smallest absolute Gasteiger partial charge is 0.253 e. The van der Waals surface area contributed by atoms with Crippen LogP contribution in [0.4, 0.5) is 5.82 Å². The van der Waals surface area contributed by atoms with Gasteiger partial charge in [-0.25, -0.2) is 4.98 Å². The van der Waals surface area contributed by atoms with Crippen LogP contribution in [0.3, 0.4) is 0 Å². The van der Waals surface area contributed by atoms with E-state index < -0.39 is 0 Å². The molecule has 1 saturated carbocycles. The largest absolute Gasteiger partial charge is 0.492 e. The number of anilines is 1. The molecule has 2 amide bonds. The van der Waals surface area contributed by atoms with Crippen LogP contribution in [0.15, 0.2) is 36.5 Å². The Morgan fingerprint density at radius 3 is 2.59 bits per heavy atom. The number of benzene rings is 1. The molecule has 2 aromatic rings. The molecular weight excluding hydrogens is 428 g/mol. The van der Waals surface area contributed by atoms with E-state index in [-0.39, 0.29) is 23.8 Å². The van der Waals surface area contributed by atoms with Crippen molar-refractivity contribution in [2.75, 3.05) is 25.0 Å². The highest BCUT2D eigenvalue weighted by Gasteiger charge is 2.29. The zero-order valence-corrected chi connectivity index (χ0v) is 19.0. The summed E-state index contributed by atoms with van der Waals surface area (Å²) >= 11 is 6.18. The van der Waals surface area contributed by atoms with E-state index in [0.29, 0.717) is 23.0 Å².